The van der Waals surface area contributed by atoms with Crippen LogP contribution in [-0.2, 0) is 4.74 Å². The van der Waals surface area contributed by atoms with Gasteiger partial charge in [-0.1, -0.05) is 0 Å². The van der Waals surface area contributed by atoms with Gasteiger partial charge in [-0.3, -0.25) is 4.79 Å². The number of phenols is 3. The molecule has 30 heavy (non-hydrogen) atoms. The van der Waals surface area contributed by atoms with Crippen LogP contribution in [0, 0.1) is 0 Å². The number of rotatable bonds is 3. The first-order valence-electron chi connectivity index (χ1n) is 8.91. The van der Waals surface area contributed by atoms with Gasteiger partial charge in [0.1, 0.15) is 29.6 Å². The van der Waals surface area contributed by atoms with E-state index in [1.807, 2.05) is 0 Å². The number of hydrogen-bond acceptors (Lipinski definition) is 10. The number of aromatic hydroxyl groups is 3. The molecule has 2 aromatic carbocycles. The largest absolute Gasteiger partial charge is 0.508 e. The molecule has 3 aromatic rings. The Morgan fingerprint density at radius 2 is 1.70 bits per heavy atom. The van der Waals surface area contributed by atoms with Gasteiger partial charge in [0.2, 0.25) is 17.5 Å². The Morgan fingerprint density at radius 3 is 2.43 bits per heavy atom. The Labute approximate surface area is 168 Å². The Morgan fingerprint density at radius 1 is 0.933 bits per heavy atom. The molecule has 0 saturated carbocycles. The molecule has 0 spiro atoms. The summed E-state index contributed by atoms with van der Waals surface area (Å²) in [4.78, 5) is 13.1. The average molecular weight is 418 g/mol. The first-order valence-corrected chi connectivity index (χ1v) is 8.91. The third-order valence-corrected chi connectivity index (χ3v) is 4.76. The molecular formula is C20H18O10. The van der Waals surface area contributed by atoms with Crippen molar-refractivity contribution < 1.29 is 44.5 Å². The van der Waals surface area contributed by atoms with E-state index >= 15 is 0 Å². The van der Waals surface area contributed by atoms with Crippen LogP contribution in [0.3, 0.4) is 0 Å². The summed E-state index contributed by atoms with van der Waals surface area (Å²) in [7, 11) is 0. The van der Waals surface area contributed by atoms with Crippen molar-refractivity contribution in [2.45, 2.75) is 24.6 Å². The van der Waals surface area contributed by atoms with E-state index in [-0.39, 0.29) is 34.6 Å². The van der Waals surface area contributed by atoms with Gasteiger partial charge in [0.05, 0.1) is 12.0 Å². The molecule has 10 nitrogen and oxygen atoms in total. The van der Waals surface area contributed by atoms with Gasteiger partial charge >= 0.3 is 0 Å². The average Bonchev–Trinajstić information content (AvgIpc) is 2.71. The minimum Gasteiger partial charge on any atom is -0.508 e. The quantitative estimate of drug-likeness (QED) is 0.327. The van der Waals surface area contributed by atoms with Crippen LogP contribution in [0.2, 0.25) is 0 Å². The number of fused-ring (bicyclic) bond motifs is 1. The van der Waals surface area contributed by atoms with E-state index in [0.717, 1.165) is 6.07 Å². The Hall–Kier alpha value is -3.31. The molecule has 1 saturated heterocycles. The molecule has 1 aromatic heterocycles. The van der Waals surface area contributed by atoms with Crippen molar-refractivity contribution in [2.75, 3.05) is 6.61 Å². The Bertz CT molecular complexity index is 1150. The van der Waals surface area contributed by atoms with Crippen molar-refractivity contribution in [1.82, 2.24) is 0 Å². The lowest BCUT2D eigenvalue weighted by molar-refractivity contribution is -0.242. The minimum atomic E-state index is -1.66. The van der Waals surface area contributed by atoms with Crippen LogP contribution in [0.5, 0.6) is 23.0 Å². The topological polar surface area (TPSA) is 170 Å². The molecule has 4 rings (SSSR count). The van der Waals surface area contributed by atoms with Crippen molar-refractivity contribution >= 4 is 11.0 Å². The van der Waals surface area contributed by atoms with E-state index < -0.39 is 47.3 Å². The number of benzene rings is 2. The number of aliphatic hydroxyl groups excluding tert-OH is 3. The van der Waals surface area contributed by atoms with E-state index in [9.17, 15) is 35.4 Å². The smallest absolute Gasteiger partial charge is 0.235 e. The fraction of sp³-hybridized carbons (Fsp3) is 0.250. The van der Waals surface area contributed by atoms with Gasteiger partial charge in [-0.25, -0.2) is 0 Å². The zero-order valence-corrected chi connectivity index (χ0v) is 15.3. The van der Waals surface area contributed by atoms with Crippen LogP contribution in [0.25, 0.3) is 22.3 Å². The Kier molecular flexibility index (Phi) is 5.00. The molecule has 158 valence electrons. The van der Waals surface area contributed by atoms with Crippen LogP contribution in [-0.4, -0.2) is 61.8 Å². The van der Waals surface area contributed by atoms with Gasteiger partial charge in [-0.15, -0.1) is 0 Å². The van der Waals surface area contributed by atoms with Gasteiger partial charge in [0.15, 0.2) is 17.3 Å². The van der Waals surface area contributed by atoms with E-state index in [0.29, 0.717) is 0 Å². The molecule has 1 aliphatic rings. The van der Waals surface area contributed by atoms with Crippen molar-refractivity contribution in [3.05, 3.63) is 46.6 Å². The minimum absolute atomic E-state index is 0.0236. The molecule has 2 heterocycles. The predicted octanol–water partition coefficient (Wildman–Crippen LogP) is 0.395. The highest BCUT2D eigenvalue weighted by Crippen LogP contribution is 2.37. The summed E-state index contributed by atoms with van der Waals surface area (Å²) >= 11 is 0. The second kappa shape index (κ2) is 7.50. The van der Waals surface area contributed by atoms with Gasteiger partial charge in [0.25, 0.3) is 0 Å². The van der Waals surface area contributed by atoms with E-state index in [1.165, 1.54) is 30.3 Å². The van der Waals surface area contributed by atoms with Crippen LogP contribution < -0.4 is 10.2 Å². The predicted molar refractivity (Wildman–Crippen MR) is 101 cm³/mol. The number of ether oxygens (including phenoxy) is 2. The summed E-state index contributed by atoms with van der Waals surface area (Å²) in [5, 5.41) is 58.8. The maximum absolute atomic E-state index is 13.1. The zero-order valence-electron chi connectivity index (χ0n) is 15.3. The highest BCUT2D eigenvalue weighted by atomic mass is 16.7. The van der Waals surface area contributed by atoms with E-state index in [4.69, 9.17) is 13.9 Å². The zero-order chi connectivity index (χ0) is 21.6. The molecule has 0 amide bonds. The fourth-order valence-electron chi connectivity index (χ4n) is 3.13. The maximum Gasteiger partial charge on any atom is 0.235 e. The van der Waals surface area contributed by atoms with Crippen molar-refractivity contribution in [2.24, 2.45) is 0 Å². The highest BCUT2D eigenvalue weighted by molar-refractivity contribution is 5.83. The maximum atomic E-state index is 13.1. The standard InChI is InChI=1S/C20H18O10/c21-9-2-3-10-14(6-9)29-18(8-1-4-11(22)12(23)5-8)19(15(10)25)30-20-17(27)16(26)13(24)7-28-20/h1-6,13,16-17,20-24,26-27H,7H2/t13-,16+,17-,20?/m1/s1. The number of hydrogen-bond donors (Lipinski definition) is 6. The van der Waals surface area contributed by atoms with Crippen LogP contribution in [0.15, 0.2) is 45.6 Å². The normalized spacial score (nSPS) is 24.1. The third-order valence-electron chi connectivity index (χ3n) is 4.76. The molecule has 6 N–H and O–H groups in total. The SMILES string of the molecule is O=c1c(OC2OC[C@@H](O)[C@H](O)[C@H]2O)c(-c2ccc(O)c(O)c2)oc2cc(O)ccc12. The summed E-state index contributed by atoms with van der Waals surface area (Å²) in [6.45, 7) is -0.342. The van der Waals surface area contributed by atoms with Gasteiger partial charge < -0.3 is 44.5 Å². The molecule has 0 bridgehead atoms. The summed E-state index contributed by atoms with van der Waals surface area (Å²) in [5.74, 6) is -1.60. The van der Waals surface area contributed by atoms with Crippen LogP contribution in [0.1, 0.15) is 0 Å². The fourth-order valence-corrected chi connectivity index (χ4v) is 3.13. The highest BCUT2D eigenvalue weighted by Gasteiger charge is 2.40. The van der Waals surface area contributed by atoms with E-state index in [2.05, 4.69) is 0 Å². The number of phenolic OH excluding ortho intramolecular Hbond substituents is 3. The van der Waals surface area contributed by atoms with Crippen molar-refractivity contribution in [3.63, 3.8) is 0 Å². The lowest BCUT2D eigenvalue weighted by Crippen LogP contribution is -2.55. The second-order valence-electron chi connectivity index (χ2n) is 6.84. The molecule has 1 unspecified atom stereocenters. The van der Waals surface area contributed by atoms with Gasteiger partial charge in [0, 0.05) is 11.6 Å². The molecule has 10 heteroatoms. The van der Waals surface area contributed by atoms with E-state index in [1.54, 1.807) is 0 Å². The summed E-state index contributed by atoms with van der Waals surface area (Å²) in [6, 6.07) is 7.47. The molecule has 4 atom stereocenters. The molecule has 0 aliphatic carbocycles. The Balaban J connectivity index is 1.88. The first-order chi connectivity index (χ1) is 14.3. The molecule has 1 fully saturated rings. The lowest BCUT2D eigenvalue weighted by Gasteiger charge is -2.34. The van der Waals surface area contributed by atoms with Crippen molar-refractivity contribution in [3.8, 4) is 34.3 Å². The van der Waals surface area contributed by atoms with Gasteiger partial charge in [-0.2, -0.15) is 0 Å². The molecule has 0 radical (unpaired) electrons. The third kappa shape index (κ3) is 3.42. The van der Waals surface area contributed by atoms with Gasteiger partial charge in [-0.05, 0) is 30.3 Å². The molecule has 1 aliphatic heterocycles. The monoisotopic (exact) mass is 418 g/mol. The first kappa shape index (κ1) is 20.0. The second-order valence-corrected chi connectivity index (χ2v) is 6.84. The summed E-state index contributed by atoms with van der Waals surface area (Å²) < 4.78 is 16.5. The van der Waals surface area contributed by atoms with Crippen molar-refractivity contribution in [1.29, 1.82) is 0 Å². The summed E-state index contributed by atoms with van der Waals surface area (Å²) in [6.07, 6.45) is -6.05. The van der Waals surface area contributed by atoms with Crippen LogP contribution >= 0.6 is 0 Å². The van der Waals surface area contributed by atoms with Crippen LogP contribution in [0.4, 0.5) is 0 Å². The number of aliphatic hydroxyl groups is 3. The lowest BCUT2D eigenvalue weighted by atomic mass is 10.1. The summed E-state index contributed by atoms with van der Waals surface area (Å²) in [5.41, 5.74) is -0.501. The molecular weight excluding hydrogens is 400 g/mol.